The van der Waals surface area contributed by atoms with Crippen LogP contribution in [0.1, 0.15) is 41.8 Å². The van der Waals surface area contributed by atoms with Crippen LogP contribution in [0.4, 0.5) is 11.4 Å². The molecule has 2 aliphatic rings. The number of morpholine rings is 1. The highest BCUT2D eigenvalue weighted by atomic mass is 35.5. The van der Waals surface area contributed by atoms with Gasteiger partial charge in [-0.05, 0) is 66.8 Å². The van der Waals surface area contributed by atoms with Crippen LogP contribution in [0.2, 0.25) is 0 Å². The van der Waals surface area contributed by atoms with Crippen LogP contribution in [0.5, 0.6) is 0 Å². The standard InChI is InChI=1S/C33H38N4O4.ClH/c1-4-37(5-2)33(40)30-22-36(17-18-41-30)21-26-19-25(12-15-28(26)23-9-7-6-8-10-23)32(39)34-27-14-11-24-13-16-31(38)35(3)29(24)20-27;/h6-12,14-15,19-20,30H,4-5,13,16-18,21-22H2,1-3H3,(H,34,39);1H. The number of aryl methyl sites for hydroxylation is 1. The number of nitrogens with zero attached hydrogens (tertiary/aromatic N) is 3. The van der Waals surface area contributed by atoms with Gasteiger partial charge in [0.05, 0.1) is 6.61 Å². The molecule has 2 heterocycles. The summed E-state index contributed by atoms with van der Waals surface area (Å²) in [6, 6.07) is 21.7. The molecule has 1 saturated heterocycles. The van der Waals surface area contributed by atoms with E-state index in [1.54, 1.807) is 11.9 Å². The zero-order valence-corrected chi connectivity index (χ0v) is 25.3. The zero-order valence-electron chi connectivity index (χ0n) is 24.5. The summed E-state index contributed by atoms with van der Waals surface area (Å²) in [6.07, 6.45) is 0.712. The summed E-state index contributed by atoms with van der Waals surface area (Å²) in [5.74, 6) is -0.119. The van der Waals surface area contributed by atoms with Crippen molar-refractivity contribution in [1.82, 2.24) is 9.80 Å². The zero-order chi connectivity index (χ0) is 28.9. The van der Waals surface area contributed by atoms with Gasteiger partial charge in [0.15, 0.2) is 0 Å². The van der Waals surface area contributed by atoms with Crippen LogP contribution in [-0.2, 0) is 27.3 Å². The highest BCUT2D eigenvalue weighted by Gasteiger charge is 2.30. The van der Waals surface area contributed by atoms with Crippen LogP contribution in [0.25, 0.3) is 11.1 Å². The van der Waals surface area contributed by atoms with Crippen molar-refractivity contribution in [2.75, 3.05) is 50.1 Å². The first-order valence-electron chi connectivity index (χ1n) is 14.4. The fourth-order valence-corrected chi connectivity index (χ4v) is 5.65. The average Bonchev–Trinajstić information content (AvgIpc) is 3.00. The number of hydrogen-bond acceptors (Lipinski definition) is 5. The lowest BCUT2D eigenvalue weighted by atomic mass is 9.96. The van der Waals surface area contributed by atoms with E-state index in [9.17, 15) is 14.4 Å². The summed E-state index contributed by atoms with van der Waals surface area (Å²) < 4.78 is 5.87. The van der Waals surface area contributed by atoms with Gasteiger partial charge in [0.25, 0.3) is 11.8 Å². The third-order valence-electron chi connectivity index (χ3n) is 8.03. The van der Waals surface area contributed by atoms with Gasteiger partial charge >= 0.3 is 0 Å². The Morgan fingerprint density at radius 1 is 1.00 bits per heavy atom. The van der Waals surface area contributed by atoms with Crippen LogP contribution in [0.3, 0.4) is 0 Å². The average molecular weight is 591 g/mol. The van der Waals surface area contributed by atoms with E-state index in [0.29, 0.717) is 63.4 Å². The molecule has 2 aliphatic heterocycles. The Bertz CT molecular complexity index is 1430. The van der Waals surface area contributed by atoms with Crippen molar-refractivity contribution in [1.29, 1.82) is 0 Å². The fourth-order valence-electron chi connectivity index (χ4n) is 5.65. The highest BCUT2D eigenvalue weighted by Crippen LogP contribution is 2.31. The minimum atomic E-state index is -0.496. The highest BCUT2D eigenvalue weighted by molar-refractivity contribution is 6.05. The lowest BCUT2D eigenvalue weighted by Gasteiger charge is -2.35. The molecule has 5 rings (SSSR count). The second-order valence-corrected chi connectivity index (χ2v) is 10.6. The Morgan fingerprint density at radius 2 is 1.76 bits per heavy atom. The maximum atomic E-state index is 13.4. The molecule has 3 aromatic rings. The molecule has 0 aromatic heterocycles. The second kappa shape index (κ2) is 14.0. The van der Waals surface area contributed by atoms with Crippen molar-refractivity contribution < 1.29 is 19.1 Å². The predicted octanol–water partition coefficient (Wildman–Crippen LogP) is 5.01. The monoisotopic (exact) mass is 590 g/mol. The van der Waals surface area contributed by atoms with Crippen molar-refractivity contribution in [3.8, 4) is 11.1 Å². The van der Waals surface area contributed by atoms with Gasteiger partial charge in [-0.1, -0.05) is 42.5 Å². The first-order chi connectivity index (χ1) is 19.9. The molecular weight excluding hydrogens is 552 g/mol. The summed E-state index contributed by atoms with van der Waals surface area (Å²) in [5, 5.41) is 3.02. The van der Waals surface area contributed by atoms with Crippen molar-refractivity contribution in [2.45, 2.75) is 39.3 Å². The van der Waals surface area contributed by atoms with Crippen molar-refractivity contribution >= 4 is 41.5 Å². The first-order valence-corrected chi connectivity index (χ1v) is 14.4. The van der Waals surface area contributed by atoms with E-state index in [0.717, 1.165) is 27.9 Å². The molecule has 3 amide bonds. The SMILES string of the molecule is CCN(CC)C(=O)C1CN(Cc2cc(C(=O)Nc3ccc4c(c3)N(C)C(=O)CC4)ccc2-c2ccccc2)CCO1.Cl. The number of nitrogens with one attached hydrogen (secondary N) is 1. The number of ether oxygens (including phenoxy) is 1. The molecule has 1 fully saturated rings. The van der Waals surface area contributed by atoms with Gasteiger partial charge < -0.3 is 19.9 Å². The topological polar surface area (TPSA) is 82.2 Å². The van der Waals surface area contributed by atoms with E-state index in [2.05, 4.69) is 22.3 Å². The fraction of sp³-hybridized carbons (Fsp3) is 0.364. The number of halogens is 1. The number of likely N-dealkylation sites (N-methyl/N-ethyl adjacent to an activating group) is 1. The van der Waals surface area contributed by atoms with Crippen LogP contribution < -0.4 is 10.2 Å². The van der Waals surface area contributed by atoms with Gasteiger partial charge in [0.1, 0.15) is 6.10 Å². The van der Waals surface area contributed by atoms with Gasteiger partial charge in [0, 0.05) is 63.1 Å². The molecule has 0 spiro atoms. The number of carbonyl (C=O) groups is 3. The number of benzene rings is 3. The Balaban J connectivity index is 0.00000405. The number of fused-ring (bicyclic) bond motifs is 1. The molecule has 8 nitrogen and oxygen atoms in total. The van der Waals surface area contributed by atoms with Crippen molar-refractivity contribution in [3.05, 3.63) is 83.4 Å². The van der Waals surface area contributed by atoms with E-state index in [-0.39, 0.29) is 30.1 Å². The molecule has 1 unspecified atom stereocenters. The lowest BCUT2D eigenvalue weighted by molar-refractivity contribution is -0.149. The molecule has 0 saturated carbocycles. The Labute approximate surface area is 254 Å². The lowest BCUT2D eigenvalue weighted by Crippen LogP contribution is -2.50. The summed E-state index contributed by atoms with van der Waals surface area (Å²) in [4.78, 5) is 44.3. The van der Waals surface area contributed by atoms with E-state index >= 15 is 0 Å². The molecule has 42 heavy (non-hydrogen) atoms. The van der Waals surface area contributed by atoms with Crippen molar-refractivity contribution in [2.24, 2.45) is 0 Å². The summed E-state index contributed by atoms with van der Waals surface area (Å²) in [7, 11) is 1.77. The van der Waals surface area contributed by atoms with Crippen LogP contribution in [-0.4, -0.2) is 73.5 Å². The Hall–Kier alpha value is -3.72. The number of carbonyl (C=O) groups excluding carboxylic acids is 3. The Kier molecular flexibility index (Phi) is 10.4. The normalized spacial score (nSPS) is 16.8. The van der Waals surface area contributed by atoms with E-state index in [1.165, 1.54) is 0 Å². The largest absolute Gasteiger partial charge is 0.366 e. The number of anilines is 2. The third kappa shape index (κ3) is 6.84. The van der Waals surface area contributed by atoms with Crippen LogP contribution in [0.15, 0.2) is 66.7 Å². The molecular formula is C33H39ClN4O4. The van der Waals surface area contributed by atoms with Crippen molar-refractivity contribution in [3.63, 3.8) is 0 Å². The molecule has 0 bridgehead atoms. The number of hydrogen-bond donors (Lipinski definition) is 1. The van der Waals surface area contributed by atoms with Gasteiger partial charge in [0.2, 0.25) is 5.91 Å². The maximum absolute atomic E-state index is 13.4. The minimum absolute atomic E-state index is 0. The summed E-state index contributed by atoms with van der Waals surface area (Å²) in [6.45, 7) is 7.54. The van der Waals surface area contributed by atoms with Crippen LogP contribution >= 0.6 is 12.4 Å². The minimum Gasteiger partial charge on any atom is -0.366 e. The first kappa shape index (κ1) is 31.2. The molecule has 222 valence electrons. The molecule has 1 N–H and O–H groups in total. The van der Waals surface area contributed by atoms with E-state index < -0.39 is 6.10 Å². The summed E-state index contributed by atoms with van der Waals surface area (Å²) in [5.41, 5.74) is 6.26. The smallest absolute Gasteiger partial charge is 0.255 e. The molecule has 9 heteroatoms. The molecule has 0 aliphatic carbocycles. The maximum Gasteiger partial charge on any atom is 0.255 e. The third-order valence-corrected chi connectivity index (χ3v) is 8.03. The van der Waals surface area contributed by atoms with Gasteiger partial charge in [-0.3, -0.25) is 19.3 Å². The van der Waals surface area contributed by atoms with E-state index in [4.69, 9.17) is 4.74 Å². The quantitative estimate of drug-likeness (QED) is 0.399. The number of rotatable bonds is 8. The Morgan fingerprint density at radius 3 is 2.50 bits per heavy atom. The molecule has 1 atom stereocenters. The van der Waals surface area contributed by atoms with E-state index in [1.807, 2.05) is 73.3 Å². The predicted molar refractivity (Wildman–Crippen MR) is 168 cm³/mol. The number of amides is 3. The van der Waals surface area contributed by atoms with Gasteiger partial charge in [-0.25, -0.2) is 0 Å². The molecule has 0 radical (unpaired) electrons. The van der Waals surface area contributed by atoms with Crippen LogP contribution in [0, 0.1) is 0 Å². The second-order valence-electron chi connectivity index (χ2n) is 10.6. The van der Waals surface area contributed by atoms with Gasteiger partial charge in [-0.2, -0.15) is 0 Å². The van der Waals surface area contributed by atoms with Gasteiger partial charge in [-0.15, -0.1) is 12.4 Å². The summed E-state index contributed by atoms with van der Waals surface area (Å²) >= 11 is 0. The molecule has 3 aromatic carbocycles.